The summed E-state index contributed by atoms with van der Waals surface area (Å²) >= 11 is 0. The summed E-state index contributed by atoms with van der Waals surface area (Å²) < 4.78 is 29.8. The highest BCUT2D eigenvalue weighted by Gasteiger charge is 2.25. The van der Waals surface area contributed by atoms with Crippen LogP contribution in [0, 0.1) is 0 Å². The second kappa shape index (κ2) is 6.63. The van der Waals surface area contributed by atoms with Crippen molar-refractivity contribution in [1.29, 1.82) is 0 Å². The summed E-state index contributed by atoms with van der Waals surface area (Å²) in [7, 11) is -1.18. The van der Waals surface area contributed by atoms with Crippen molar-refractivity contribution in [3.05, 3.63) is 41.1 Å². The lowest BCUT2D eigenvalue weighted by atomic mass is 9.82. The van der Waals surface area contributed by atoms with Gasteiger partial charge in [-0.3, -0.25) is 0 Å². The summed E-state index contributed by atoms with van der Waals surface area (Å²) in [6.07, 6.45) is 8.00. The van der Waals surface area contributed by atoms with Gasteiger partial charge >= 0.3 is 0 Å². The molecule has 1 aliphatic heterocycles. The minimum absolute atomic E-state index is 0.341. The first-order chi connectivity index (χ1) is 11.4. The first kappa shape index (κ1) is 17.1. The molecule has 0 bridgehead atoms. The monoisotopic (exact) mass is 347 g/mol. The van der Waals surface area contributed by atoms with E-state index >= 15 is 0 Å². The molecule has 130 valence electrons. The number of likely N-dealkylation sites (N-methyl/N-ethyl adjacent to an activating group) is 1. The Morgan fingerprint density at radius 2 is 1.96 bits per heavy atom. The van der Waals surface area contributed by atoms with Gasteiger partial charge in [0.15, 0.2) is 9.84 Å². The molecule has 0 atom stereocenters. The van der Waals surface area contributed by atoms with E-state index in [2.05, 4.69) is 18.1 Å². The van der Waals surface area contributed by atoms with Crippen molar-refractivity contribution in [2.24, 2.45) is 0 Å². The van der Waals surface area contributed by atoms with Gasteiger partial charge in [0.05, 0.1) is 11.5 Å². The molecule has 0 fully saturated rings. The van der Waals surface area contributed by atoms with Crippen LogP contribution in [0.15, 0.2) is 40.4 Å². The molecule has 1 aromatic carbocycles. The lowest BCUT2D eigenvalue weighted by molar-refractivity contribution is 0.339. The van der Waals surface area contributed by atoms with Gasteiger partial charge in [0.2, 0.25) is 0 Å². The van der Waals surface area contributed by atoms with Crippen LogP contribution in [-0.4, -0.2) is 39.8 Å². The molecule has 5 heteroatoms. The second-order valence-electron chi connectivity index (χ2n) is 6.61. The zero-order valence-electron chi connectivity index (χ0n) is 14.6. The zero-order chi connectivity index (χ0) is 17.3. The highest BCUT2D eigenvalue weighted by molar-refractivity contribution is 7.90. The normalized spacial score (nSPS) is 18.3. The fraction of sp³-hybridized carbons (Fsp3) is 0.474. The number of nitrogens with zero attached hydrogens (tertiary/aromatic N) is 1. The molecule has 3 rings (SSSR count). The van der Waals surface area contributed by atoms with Crippen LogP contribution < -0.4 is 4.74 Å². The van der Waals surface area contributed by atoms with Crippen molar-refractivity contribution >= 4 is 15.4 Å². The maximum absolute atomic E-state index is 12.0. The lowest BCUT2D eigenvalue weighted by Gasteiger charge is -2.32. The van der Waals surface area contributed by atoms with Crippen LogP contribution >= 0.6 is 0 Å². The Kier molecular flexibility index (Phi) is 4.72. The number of sulfone groups is 1. The molecule has 0 unspecified atom stereocenters. The van der Waals surface area contributed by atoms with Crippen molar-refractivity contribution in [3.63, 3.8) is 0 Å². The van der Waals surface area contributed by atoms with Crippen molar-refractivity contribution in [1.82, 2.24) is 4.90 Å². The van der Waals surface area contributed by atoms with E-state index in [1.165, 1.54) is 30.2 Å². The molecule has 0 amide bonds. The number of allylic oxidation sites excluding steroid dienone is 2. The molecular formula is C19H25NO3S. The third kappa shape index (κ3) is 3.36. The van der Waals surface area contributed by atoms with Gasteiger partial charge in [-0.25, -0.2) is 8.42 Å². The quantitative estimate of drug-likeness (QED) is 0.834. The SMILES string of the molecule is CCOc1ccc(S(C)(=O)=O)cc1C1=CN(C)CC2=C1CCCC2. The van der Waals surface area contributed by atoms with E-state index in [9.17, 15) is 8.42 Å². The number of benzene rings is 1. The minimum Gasteiger partial charge on any atom is -0.493 e. The molecule has 2 aliphatic rings. The van der Waals surface area contributed by atoms with Gasteiger partial charge in [-0.05, 0) is 62.0 Å². The number of rotatable bonds is 4. The van der Waals surface area contributed by atoms with E-state index < -0.39 is 9.84 Å². The van der Waals surface area contributed by atoms with Crippen LogP contribution in [0.25, 0.3) is 5.57 Å². The number of hydrogen-bond donors (Lipinski definition) is 0. The molecule has 4 nitrogen and oxygen atoms in total. The van der Waals surface area contributed by atoms with Crippen LogP contribution in [0.2, 0.25) is 0 Å². The van der Waals surface area contributed by atoms with Crippen molar-refractivity contribution < 1.29 is 13.2 Å². The molecule has 0 saturated carbocycles. The maximum atomic E-state index is 12.0. The second-order valence-corrected chi connectivity index (χ2v) is 8.63. The van der Waals surface area contributed by atoms with Crippen molar-refractivity contribution in [3.8, 4) is 5.75 Å². The summed E-state index contributed by atoms with van der Waals surface area (Å²) in [5.74, 6) is 0.754. The van der Waals surface area contributed by atoms with Crippen molar-refractivity contribution in [2.45, 2.75) is 37.5 Å². The van der Waals surface area contributed by atoms with E-state index in [1.807, 2.05) is 6.92 Å². The Labute approximate surface area is 144 Å². The summed E-state index contributed by atoms with van der Waals surface area (Å²) in [6.45, 7) is 3.47. The molecule has 0 saturated heterocycles. The summed E-state index contributed by atoms with van der Waals surface area (Å²) in [5.41, 5.74) is 4.87. The molecule has 1 aliphatic carbocycles. The van der Waals surface area contributed by atoms with Gasteiger partial charge in [0.25, 0.3) is 0 Å². The highest BCUT2D eigenvalue weighted by atomic mass is 32.2. The molecule has 1 aromatic rings. The van der Waals surface area contributed by atoms with Crippen LogP contribution in [0.4, 0.5) is 0 Å². The summed E-state index contributed by atoms with van der Waals surface area (Å²) in [5, 5.41) is 0. The predicted octanol–water partition coefficient (Wildman–Crippen LogP) is 3.65. The first-order valence-electron chi connectivity index (χ1n) is 8.50. The van der Waals surface area contributed by atoms with Gasteiger partial charge in [0, 0.05) is 37.2 Å². The Balaban J connectivity index is 2.17. The number of ether oxygens (including phenoxy) is 1. The Morgan fingerprint density at radius 3 is 2.67 bits per heavy atom. The minimum atomic E-state index is -3.25. The number of hydrogen-bond acceptors (Lipinski definition) is 4. The van der Waals surface area contributed by atoms with Gasteiger partial charge in [0.1, 0.15) is 5.75 Å². The van der Waals surface area contributed by atoms with Crippen molar-refractivity contribution in [2.75, 3.05) is 26.5 Å². The molecule has 0 spiro atoms. The average molecular weight is 347 g/mol. The van der Waals surface area contributed by atoms with Gasteiger partial charge in [-0.15, -0.1) is 0 Å². The van der Waals surface area contributed by atoms with Gasteiger partial charge in [-0.1, -0.05) is 0 Å². The lowest BCUT2D eigenvalue weighted by Crippen LogP contribution is -2.23. The summed E-state index contributed by atoms with van der Waals surface area (Å²) in [6, 6.07) is 5.19. The first-order valence-corrected chi connectivity index (χ1v) is 10.4. The molecule has 24 heavy (non-hydrogen) atoms. The molecule has 0 N–H and O–H groups in total. The topological polar surface area (TPSA) is 46.6 Å². The fourth-order valence-corrected chi connectivity index (χ4v) is 4.22. The van der Waals surface area contributed by atoms with E-state index in [4.69, 9.17) is 4.74 Å². The van der Waals surface area contributed by atoms with Crippen LogP contribution in [0.3, 0.4) is 0 Å². The Hall–Kier alpha value is -1.75. The third-order valence-electron chi connectivity index (χ3n) is 4.67. The van der Waals surface area contributed by atoms with Crippen LogP contribution in [-0.2, 0) is 9.84 Å². The summed E-state index contributed by atoms with van der Waals surface area (Å²) in [4.78, 5) is 2.52. The van der Waals surface area contributed by atoms with Crippen LogP contribution in [0.1, 0.15) is 38.2 Å². The van der Waals surface area contributed by atoms with Crippen LogP contribution in [0.5, 0.6) is 5.75 Å². The van der Waals surface area contributed by atoms with E-state index in [0.29, 0.717) is 11.5 Å². The van der Waals surface area contributed by atoms with E-state index in [0.717, 1.165) is 36.3 Å². The van der Waals surface area contributed by atoms with Gasteiger partial charge < -0.3 is 9.64 Å². The Bertz CT molecular complexity index is 806. The van der Waals surface area contributed by atoms with E-state index in [-0.39, 0.29) is 0 Å². The van der Waals surface area contributed by atoms with Gasteiger partial charge in [-0.2, -0.15) is 0 Å². The Morgan fingerprint density at radius 1 is 1.21 bits per heavy atom. The maximum Gasteiger partial charge on any atom is 0.175 e. The molecule has 0 radical (unpaired) electrons. The average Bonchev–Trinajstić information content (AvgIpc) is 2.53. The van der Waals surface area contributed by atoms with E-state index in [1.54, 1.807) is 18.2 Å². The smallest absolute Gasteiger partial charge is 0.175 e. The standard InChI is InChI=1S/C19H25NO3S/c1-4-23-19-10-9-15(24(3,21)22)11-17(19)18-13-20(2)12-14-7-5-6-8-16(14)18/h9-11,13H,4-8,12H2,1-3H3. The predicted molar refractivity (Wildman–Crippen MR) is 96.8 cm³/mol. The molecule has 1 heterocycles. The zero-order valence-corrected chi connectivity index (χ0v) is 15.4. The fourth-order valence-electron chi connectivity index (χ4n) is 3.58. The molecular weight excluding hydrogens is 322 g/mol. The third-order valence-corrected chi connectivity index (χ3v) is 5.78. The highest BCUT2D eigenvalue weighted by Crippen LogP contribution is 2.41. The molecule has 0 aromatic heterocycles. The largest absolute Gasteiger partial charge is 0.493 e.